The number of rotatable bonds is 5. The van der Waals surface area contributed by atoms with Gasteiger partial charge in [0, 0.05) is 11.3 Å². The van der Waals surface area contributed by atoms with Crippen LogP contribution in [0.1, 0.15) is 45.4 Å². The molecule has 0 amide bonds. The van der Waals surface area contributed by atoms with Crippen LogP contribution in [0.5, 0.6) is 0 Å². The van der Waals surface area contributed by atoms with Crippen LogP contribution in [0.3, 0.4) is 0 Å². The highest BCUT2D eigenvalue weighted by atomic mass is 35.5. The molecule has 17 heavy (non-hydrogen) atoms. The Balaban J connectivity index is 2.36. The molecule has 1 aromatic heterocycles. The summed E-state index contributed by atoms with van der Waals surface area (Å²) in [5.41, 5.74) is 0.339. The quantitative estimate of drug-likeness (QED) is 0.820. The van der Waals surface area contributed by atoms with Crippen LogP contribution in [-0.4, -0.2) is 11.2 Å². The van der Waals surface area contributed by atoms with Crippen molar-refractivity contribution in [3.05, 3.63) is 21.3 Å². The maximum Gasteiger partial charge on any atom is 0.0931 e. The minimum absolute atomic E-state index is 0.248. The zero-order valence-corrected chi connectivity index (χ0v) is 12.7. The zero-order valence-electron chi connectivity index (χ0n) is 11.2. The summed E-state index contributed by atoms with van der Waals surface area (Å²) in [6, 6.07) is 3.90. The second kappa shape index (κ2) is 6.21. The van der Waals surface area contributed by atoms with Crippen molar-refractivity contribution in [1.29, 1.82) is 0 Å². The largest absolute Gasteiger partial charge is 0.393 e. The highest BCUT2D eigenvalue weighted by Crippen LogP contribution is 2.28. The first-order valence-electron chi connectivity index (χ1n) is 6.18. The molecule has 1 N–H and O–H groups in total. The van der Waals surface area contributed by atoms with E-state index in [1.807, 2.05) is 12.1 Å². The van der Waals surface area contributed by atoms with Crippen molar-refractivity contribution in [1.82, 2.24) is 0 Å². The lowest BCUT2D eigenvalue weighted by Crippen LogP contribution is -2.18. The van der Waals surface area contributed by atoms with Crippen molar-refractivity contribution in [2.45, 2.75) is 53.1 Å². The molecule has 0 aromatic carbocycles. The summed E-state index contributed by atoms with van der Waals surface area (Å²) in [6.07, 6.45) is 2.50. The SMILES string of the molecule is CC(CC(O)Cc1ccc(Cl)s1)CC(C)(C)C. The molecular weight excluding hydrogens is 252 g/mol. The van der Waals surface area contributed by atoms with Crippen molar-refractivity contribution >= 4 is 22.9 Å². The first kappa shape index (κ1) is 15.0. The van der Waals surface area contributed by atoms with E-state index in [1.165, 1.54) is 4.88 Å². The van der Waals surface area contributed by atoms with Gasteiger partial charge in [-0.2, -0.15) is 0 Å². The van der Waals surface area contributed by atoms with Crippen molar-refractivity contribution in [3.8, 4) is 0 Å². The van der Waals surface area contributed by atoms with Gasteiger partial charge in [0.2, 0.25) is 0 Å². The molecule has 0 spiro atoms. The number of aliphatic hydroxyl groups excluding tert-OH is 1. The summed E-state index contributed by atoms with van der Waals surface area (Å²) in [4.78, 5) is 1.17. The molecule has 0 bridgehead atoms. The van der Waals surface area contributed by atoms with E-state index in [9.17, 15) is 5.11 Å². The third kappa shape index (κ3) is 6.44. The van der Waals surface area contributed by atoms with Gasteiger partial charge in [-0.3, -0.25) is 0 Å². The van der Waals surface area contributed by atoms with Crippen LogP contribution in [-0.2, 0) is 6.42 Å². The van der Waals surface area contributed by atoms with Gasteiger partial charge in [0.1, 0.15) is 0 Å². The molecule has 1 aromatic rings. The summed E-state index contributed by atoms with van der Waals surface area (Å²) in [5, 5.41) is 10.0. The monoisotopic (exact) mass is 274 g/mol. The van der Waals surface area contributed by atoms with Gasteiger partial charge >= 0.3 is 0 Å². The highest BCUT2D eigenvalue weighted by molar-refractivity contribution is 7.16. The fraction of sp³-hybridized carbons (Fsp3) is 0.714. The van der Waals surface area contributed by atoms with Crippen LogP contribution < -0.4 is 0 Å². The Morgan fingerprint density at radius 1 is 1.35 bits per heavy atom. The normalized spacial score (nSPS) is 15.9. The fourth-order valence-corrected chi connectivity index (χ4v) is 3.53. The van der Waals surface area contributed by atoms with E-state index in [2.05, 4.69) is 27.7 Å². The smallest absolute Gasteiger partial charge is 0.0931 e. The molecular formula is C14H23ClOS. The van der Waals surface area contributed by atoms with Crippen LogP contribution in [0.25, 0.3) is 0 Å². The second-order valence-corrected chi connectivity index (χ2v) is 7.97. The van der Waals surface area contributed by atoms with Gasteiger partial charge in [0.25, 0.3) is 0 Å². The summed E-state index contributed by atoms with van der Waals surface area (Å²) >= 11 is 7.44. The minimum Gasteiger partial charge on any atom is -0.393 e. The summed E-state index contributed by atoms with van der Waals surface area (Å²) in [6.45, 7) is 8.95. The molecule has 0 saturated heterocycles. The molecule has 0 aliphatic rings. The average molecular weight is 275 g/mol. The molecule has 0 aliphatic carbocycles. The summed E-state index contributed by atoms with van der Waals surface area (Å²) in [5.74, 6) is 0.556. The van der Waals surface area contributed by atoms with Gasteiger partial charge in [-0.25, -0.2) is 0 Å². The van der Waals surface area contributed by atoms with Gasteiger partial charge in [-0.05, 0) is 36.3 Å². The second-order valence-electron chi connectivity index (χ2n) is 6.17. The molecule has 1 nitrogen and oxygen atoms in total. The van der Waals surface area contributed by atoms with E-state index in [0.29, 0.717) is 11.3 Å². The standard InChI is InChI=1S/C14H23ClOS/c1-10(9-14(2,3)4)7-11(16)8-12-5-6-13(15)17-12/h5-6,10-11,16H,7-9H2,1-4H3. The topological polar surface area (TPSA) is 20.2 Å². The third-order valence-corrected chi connectivity index (χ3v) is 3.95. The number of aliphatic hydroxyl groups is 1. The van der Waals surface area contributed by atoms with Crippen LogP contribution in [0, 0.1) is 11.3 Å². The molecule has 0 fully saturated rings. The Morgan fingerprint density at radius 2 is 2.00 bits per heavy atom. The van der Waals surface area contributed by atoms with Crippen molar-refractivity contribution in [3.63, 3.8) is 0 Å². The summed E-state index contributed by atoms with van der Waals surface area (Å²) < 4.78 is 0.801. The van der Waals surface area contributed by atoms with Crippen LogP contribution >= 0.6 is 22.9 Å². The third-order valence-electron chi connectivity index (χ3n) is 2.70. The number of thiophene rings is 1. The summed E-state index contributed by atoms with van der Waals surface area (Å²) in [7, 11) is 0. The lowest BCUT2D eigenvalue weighted by Gasteiger charge is -2.24. The van der Waals surface area contributed by atoms with E-state index >= 15 is 0 Å². The van der Waals surface area contributed by atoms with Gasteiger partial charge < -0.3 is 5.11 Å². The van der Waals surface area contributed by atoms with E-state index in [-0.39, 0.29) is 6.10 Å². The highest BCUT2D eigenvalue weighted by Gasteiger charge is 2.18. The lowest BCUT2D eigenvalue weighted by atomic mass is 9.83. The Hall–Kier alpha value is -0.0500. The molecule has 98 valence electrons. The average Bonchev–Trinajstić information content (AvgIpc) is 2.46. The lowest BCUT2D eigenvalue weighted by molar-refractivity contribution is 0.133. The van der Waals surface area contributed by atoms with Crippen molar-refractivity contribution in [2.75, 3.05) is 0 Å². The maximum absolute atomic E-state index is 10.0. The minimum atomic E-state index is -0.248. The Bertz CT molecular complexity index is 340. The molecule has 3 heteroatoms. The van der Waals surface area contributed by atoms with E-state index in [1.54, 1.807) is 11.3 Å². The van der Waals surface area contributed by atoms with Gasteiger partial charge in [0.05, 0.1) is 10.4 Å². The molecule has 0 saturated carbocycles. The van der Waals surface area contributed by atoms with Gasteiger partial charge in [0.15, 0.2) is 0 Å². The van der Waals surface area contributed by atoms with E-state index < -0.39 is 0 Å². The molecule has 0 radical (unpaired) electrons. The Labute approximate surface area is 114 Å². The Morgan fingerprint density at radius 3 is 2.47 bits per heavy atom. The van der Waals surface area contributed by atoms with Gasteiger partial charge in [-0.1, -0.05) is 39.3 Å². The molecule has 0 aliphatic heterocycles. The van der Waals surface area contributed by atoms with Crippen LogP contribution in [0.15, 0.2) is 12.1 Å². The van der Waals surface area contributed by atoms with Crippen molar-refractivity contribution in [2.24, 2.45) is 11.3 Å². The molecule has 1 rings (SSSR count). The number of hydrogen-bond acceptors (Lipinski definition) is 2. The number of halogens is 1. The predicted octanol–water partition coefficient (Wildman–Crippen LogP) is 4.77. The predicted molar refractivity (Wildman–Crippen MR) is 76.9 cm³/mol. The van der Waals surface area contributed by atoms with Crippen LogP contribution in [0.4, 0.5) is 0 Å². The molecule has 2 unspecified atom stereocenters. The Kier molecular flexibility index (Phi) is 5.49. The van der Waals surface area contributed by atoms with Crippen LogP contribution in [0.2, 0.25) is 4.34 Å². The fourth-order valence-electron chi connectivity index (χ4n) is 2.37. The molecule has 1 heterocycles. The first-order chi connectivity index (χ1) is 7.76. The van der Waals surface area contributed by atoms with E-state index in [0.717, 1.165) is 23.6 Å². The van der Waals surface area contributed by atoms with Gasteiger partial charge in [-0.15, -0.1) is 11.3 Å². The zero-order chi connectivity index (χ0) is 13.1. The number of hydrogen-bond donors (Lipinski definition) is 1. The maximum atomic E-state index is 10.0. The molecule has 2 atom stereocenters. The van der Waals surface area contributed by atoms with Crippen molar-refractivity contribution < 1.29 is 5.11 Å². The first-order valence-corrected chi connectivity index (χ1v) is 7.38. The van der Waals surface area contributed by atoms with E-state index in [4.69, 9.17) is 11.6 Å².